The number of hydrogen-bond acceptors (Lipinski definition) is 5. The summed E-state index contributed by atoms with van der Waals surface area (Å²) in [4.78, 5) is 10.1. The summed E-state index contributed by atoms with van der Waals surface area (Å²) in [6.45, 7) is 4.13. The van der Waals surface area contributed by atoms with Gasteiger partial charge in [0.15, 0.2) is 0 Å². The van der Waals surface area contributed by atoms with Crippen LogP contribution in [0.25, 0.3) is 0 Å². The van der Waals surface area contributed by atoms with E-state index in [1.165, 1.54) is 6.26 Å². The van der Waals surface area contributed by atoms with Gasteiger partial charge in [0, 0.05) is 6.42 Å². The average Bonchev–Trinajstić information content (AvgIpc) is 2.77. The van der Waals surface area contributed by atoms with Crippen molar-refractivity contribution in [1.82, 2.24) is 0 Å². The van der Waals surface area contributed by atoms with Gasteiger partial charge in [0.05, 0.1) is 0 Å². The summed E-state index contributed by atoms with van der Waals surface area (Å²) in [6.07, 6.45) is 3.62. The van der Waals surface area contributed by atoms with Crippen LogP contribution < -0.4 is 5.82 Å². The Hall–Kier alpha value is -1.65. The fourth-order valence-corrected chi connectivity index (χ4v) is 0.737. The first-order valence-electron chi connectivity index (χ1n) is 4.21. The molecule has 0 radical (unpaired) electrons. The predicted molar refractivity (Wildman–Crippen MR) is 47.4 cm³/mol. The second-order valence-corrected chi connectivity index (χ2v) is 2.56. The van der Waals surface area contributed by atoms with Crippen LogP contribution in [0.15, 0.2) is 31.9 Å². The molecule has 5 nitrogen and oxygen atoms in total. The van der Waals surface area contributed by atoms with Crippen LogP contribution in [0.3, 0.4) is 0 Å². The van der Waals surface area contributed by atoms with Crippen molar-refractivity contribution < 1.29 is 18.3 Å². The van der Waals surface area contributed by atoms with Gasteiger partial charge in [-0.15, -0.1) is 0 Å². The third-order valence-electron chi connectivity index (χ3n) is 1.45. The van der Waals surface area contributed by atoms with Gasteiger partial charge < -0.3 is 18.3 Å². The molecule has 78 valence electrons. The highest BCUT2D eigenvalue weighted by Gasteiger charge is 1.95. The van der Waals surface area contributed by atoms with Gasteiger partial charge in [-0.1, -0.05) is 6.92 Å². The number of allylic oxidation sites excluding steroid dienone is 1. The first-order chi connectivity index (χ1) is 6.72. The van der Waals surface area contributed by atoms with E-state index < -0.39 is 5.82 Å². The highest BCUT2D eigenvalue weighted by atomic mass is 16.7. The zero-order valence-corrected chi connectivity index (χ0v) is 8.11. The zero-order valence-electron chi connectivity index (χ0n) is 8.11. The highest BCUT2D eigenvalue weighted by Crippen LogP contribution is 2.02. The van der Waals surface area contributed by atoms with Gasteiger partial charge in [-0.25, -0.2) is 4.79 Å². The van der Waals surface area contributed by atoms with Gasteiger partial charge in [0.25, 0.3) is 0 Å². The molecule has 2 heterocycles. The molecule has 0 spiro atoms. The molecule has 0 aromatic carbocycles. The first-order valence-corrected chi connectivity index (χ1v) is 4.21. The zero-order chi connectivity index (χ0) is 10.4. The molecule has 0 saturated heterocycles. The van der Waals surface area contributed by atoms with Crippen molar-refractivity contribution in [2.45, 2.75) is 20.3 Å². The molecule has 0 fully saturated rings. The van der Waals surface area contributed by atoms with E-state index in [0.717, 1.165) is 5.76 Å². The standard InChI is InChI=1S/C5H6O3.C4H6O2/c1-2-4-3-7-5(6)8-4;1-4-2-5-3-6-4/h3H,2H2,1H3;2H,3H2,1H3. The van der Waals surface area contributed by atoms with Gasteiger partial charge in [-0.3, -0.25) is 0 Å². The molecule has 1 aliphatic rings. The summed E-state index contributed by atoms with van der Waals surface area (Å²) >= 11 is 0. The quantitative estimate of drug-likeness (QED) is 0.689. The van der Waals surface area contributed by atoms with E-state index in [1.807, 2.05) is 13.8 Å². The molecule has 1 aromatic heterocycles. The summed E-state index contributed by atoms with van der Waals surface area (Å²) in [5, 5.41) is 0. The average molecular weight is 200 g/mol. The molecule has 14 heavy (non-hydrogen) atoms. The SMILES string of the molecule is CC1=COCO1.CCc1coc(=O)o1. The van der Waals surface area contributed by atoms with Crippen LogP contribution in [0.4, 0.5) is 0 Å². The second-order valence-electron chi connectivity index (χ2n) is 2.56. The summed E-state index contributed by atoms with van der Waals surface area (Å²) in [5.74, 6) is 0.826. The van der Waals surface area contributed by atoms with Gasteiger partial charge >= 0.3 is 5.82 Å². The molecule has 0 N–H and O–H groups in total. The molecule has 5 heteroatoms. The molecule has 0 aliphatic carbocycles. The number of aryl methyl sites for hydroxylation is 1. The number of ether oxygens (including phenoxy) is 2. The summed E-state index contributed by atoms with van der Waals surface area (Å²) < 4.78 is 18.3. The molecular weight excluding hydrogens is 188 g/mol. The van der Waals surface area contributed by atoms with Crippen molar-refractivity contribution >= 4 is 0 Å². The summed E-state index contributed by atoms with van der Waals surface area (Å²) in [5.41, 5.74) is 0. The van der Waals surface area contributed by atoms with Crippen LogP contribution in [-0.2, 0) is 15.9 Å². The minimum atomic E-state index is -0.623. The van der Waals surface area contributed by atoms with Crippen molar-refractivity contribution in [3.63, 3.8) is 0 Å². The third kappa shape index (κ3) is 3.38. The predicted octanol–water partition coefficient (Wildman–Crippen LogP) is 1.65. The largest absolute Gasteiger partial charge is 0.518 e. The van der Waals surface area contributed by atoms with Crippen LogP contribution in [0.1, 0.15) is 19.6 Å². The summed E-state index contributed by atoms with van der Waals surface area (Å²) in [6, 6.07) is 0. The maximum Gasteiger partial charge on any atom is 0.518 e. The van der Waals surface area contributed by atoms with Crippen LogP contribution in [0, 0.1) is 0 Å². The van der Waals surface area contributed by atoms with E-state index in [0.29, 0.717) is 19.0 Å². The van der Waals surface area contributed by atoms with Crippen LogP contribution in [0.2, 0.25) is 0 Å². The molecule has 0 bridgehead atoms. The number of hydrogen-bond donors (Lipinski definition) is 0. The van der Waals surface area contributed by atoms with Crippen molar-refractivity contribution in [1.29, 1.82) is 0 Å². The molecule has 0 atom stereocenters. The number of rotatable bonds is 1. The highest BCUT2D eigenvalue weighted by molar-refractivity contribution is 4.83. The molecule has 0 unspecified atom stereocenters. The van der Waals surface area contributed by atoms with E-state index in [-0.39, 0.29) is 0 Å². The normalized spacial score (nSPS) is 13.4. The lowest BCUT2D eigenvalue weighted by molar-refractivity contribution is 0.0813. The van der Waals surface area contributed by atoms with E-state index in [9.17, 15) is 4.79 Å². The molecule has 2 rings (SSSR count). The van der Waals surface area contributed by atoms with Crippen LogP contribution >= 0.6 is 0 Å². The van der Waals surface area contributed by atoms with E-state index >= 15 is 0 Å². The molecule has 1 aliphatic heterocycles. The first kappa shape index (κ1) is 10.4. The summed E-state index contributed by atoms with van der Waals surface area (Å²) in [7, 11) is 0. The lowest BCUT2D eigenvalue weighted by Gasteiger charge is -1.87. The Labute approximate surface area is 80.9 Å². The molecule has 0 amide bonds. The molecule has 0 saturated carbocycles. The molecule has 1 aromatic rings. The second kappa shape index (κ2) is 5.16. The maximum absolute atomic E-state index is 10.1. The fraction of sp³-hybridized carbons (Fsp3) is 0.444. The Morgan fingerprint density at radius 3 is 2.50 bits per heavy atom. The Morgan fingerprint density at radius 2 is 2.29 bits per heavy atom. The monoisotopic (exact) mass is 200 g/mol. The Kier molecular flexibility index (Phi) is 3.84. The van der Waals surface area contributed by atoms with Gasteiger partial charge in [0.2, 0.25) is 6.79 Å². The van der Waals surface area contributed by atoms with Crippen molar-refractivity contribution in [3.05, 3.63) is 34.7 Å². The Balaban J connectivity index is 0.000000146. The van der Waals surface area contributed by atoms with Crippen molar-refractivity contribution in [2.24, 2.45) is 0 Å². The van der Waals surface area contributed by atoms with Crippen LogP contribution in [-0.4, -0.2) is 6.79 Å². The lowest BCUT2D eigenvalue weighted by Crippen LogP contribution is -1.85. The lowest BCUT2D eigenvalue weighted by atomic mass is 10.4. The smallest absolute Gasteiger partial charge is 0.462 e. The Morgan fingerprint density at radius 1 is 1.50 bits per heavy atom. The van der Waals surface area contributed by atoms with Gasteiger partial charge in [0.1, 0.15) is 24.0 Å². The van der Waals surface area contributed by atoms with Crippen LogP contribution in [0.5, 0.6) is 0 Å². The minimum absolute atomic E-state index is 0.395. The van der Waals surface area contributed by atoms with Crippen molar-refractivity contribution in [2.75, 3.05) is 6.79 Å². The molecular formula is C9H12O5. The van der Waals surface area contributed by atoms with E-state index in [2.05, 4.69) is 13.6 Å². The van der Waals surface area contributed by atoms with Gasteiger partial charge in [-0.05, 0) is 6.92 Å². The van der Waals surface area contributed by atoms with E-state index in [1.54, 1.807) is 6.26 Å². The maximum atomic E-state index is 10.1. The topological polar surface area (TPSA) is 61.8 Å². The Bertz CT molecular complexity index is 346. The van der Waals surface area contributed by atoms with E-state index in [4.69, 9.17) is 4.74 Å². The van der Waals surface area contributed by atoms with Gasteiger partial charge in [-0.2, -0.15) is 0 Å². The van der Waals surface area contributed by atoms with Crippen molar-refractivity contribution in [3.8, 4) is 0 Å². The fourth-order valence-electron chi connectivity index (χ4n) is 0.737. The third-order valence-corrected chi connectivity index (χ3v) is 1.45. The minimum Gasteiger partial charge on any atom is -0.462 e.